The fourth-order valence-corrected chi connectivity index (χ4v) is 1.28. The lowest BCUT2D eigenvalue weighted by molar-refractivity contribution is -0.447. The molecule has 0 spiro atoms. The molecule has 0 bridgehead atoms. The van der Waals surface area contributed by atoms with E-state index in [1.165, 1.54) is 19.2 Å². The fraction of sp³-hybridized carbons (Fsp3) is 0.250. The largest absolute Gasteiger partial charge is 0.416 e. The molecule has 0 aromatic heterocycles. The molecule has 84 valence electrons. The van der Waals surface area contributed by atoms with Gasteiger partial charge in [0.1, 0.15) is 0 Å². The Morgan fingerprint density at radius 1 is 1.27 bits per heavy atom. The van der Waals surface area contributed by atoms with Crippen LogP contribution < -0.4 is 0 Å². The first-order valence-electron chi connectivity index (χ1n) is 3.75. The summed E-state index contributed by atoms with van der Waals surface area (Å²) >= 11 is 0.628. The van der Waals surface area contributed by atoms with E-state index < -0.39 is 11.7 Å². The van der Waals surface area contributed by atoms with Crippen molar-refractivity contribution in [3.8, 4) is 0 Å². The molecular formula is C8H7F3O3S. The van der Waals surface area contributed by atoms with E-state index in [0.717, 1.165) is 12.1 Å². The highest BCUT2D eigenvalue weighted by Gasteiger charge is 2.30. The Balaban J connectivity index is 2.66. The van der Waals surface area contributed by atoms with Gasteiger partial charge >= 0.3 is 6.18 Å². The van der Waals surface area contributed by atoms with Gasteiger partial charge in [-0.15, -0.1) is 4.33 Å². The van der Waals surface area contributed by atoms with Gasteiger partial charge in [-0.3, -0.25) is 0 Å². The lowest BCUT2D eigenvalue weighted by atomic mass is 10.2. The van der Waals surface area contributed by atoms with E-state index in [-0.39, 0.29) is 4.90 Å². The zero-order valence-corrected chi connectivity index (χ0v) is 8.39. The first kappa shape index (κ1) is 12.3. The zero-order valence-electron chi connectivity index (χ0n) is 7.58. The summed E-state index contributed by atoms with van der Waals surface area (Å²) in [6, 6.07) is 4.66. The Morgan fingerprint density at radius 3 is 2.60 bits per heavy atom. The molecule has 0 radical (unpaired) electrons. The predicted molar refractivity (Wildman–Crippen MR) is 46.5 cm³/mol. The van der Waals surface area contributed by atoms with Crippen LogP contribution >= 0.6 is 12.0 Å². The van der Waals surface area contributed by atoms with Crippen LogP contribution in [0.3, 0.4) is 0 Å². The third kappa shape index (κ3) is 4.08. The van der Waals surface area contributed by atoms with Crippen LogP contribution in [0, 0.1) is 0 Å². The lowest BCUT2D eigenvalue weighted by Crippen LogP contribution is -2.04. The monoisotopic (exact) mass is 240 g/mol. The Morgan fingerprint density at radius 2 is 2.00 bits per heavy atom. The van der Waals surface area contributed by atoms with Crippen molar-refractivity contribution in [3.05, 3.63) is 29.8 Å². The van der Waals surface area contributed by atoms with E-state index in [0.29, 0.717) is 12.0 Å². The third-order valence-corrected chi connectivity index (χ3v) is 1.96. The van der Waals surface area contributed by atoms with Gasteiger partial charge in [0.05, 0.1) is 24.7 Å². The molecule has 0 aliphatic carbocycles. The highest BCUT2D eigenvalue weighted by molar-refractivity contribution is 7.94. The van der Waals surface area contributed by atoms with Crippen molar-refractivity contribution in [2.75, 3.05) is 7.11 Å². The summed E-state index contributed by atoms with van der Waals surface area (Å²) in [5.74, 6) is 0. The first-order valence-corrected chi connectivity index (χ1v) is 4.49. The Kier molecular flexibility index (Phi) is 4.40. The summed E-state index contributed by atoms with van der Waals surface area (Å²) in [7, 11) is 1.21. The summed E-state index contributed by atoms with van der Waals surface area (Å²) in [5, 5.41) is 4.04. The van der Waals surface area contributed by atoms with Gasteiger partial charge in [0, 0.05) is 4.90 Å². The van der Waals surface area contributed by atoms with Gasteiger partial charge in [-0.05, 0) is 18.2 Å². The van der Waals surface area contributed by atoms with Crippen molar-refractivity contribution < 1.29 is 27.4 Å². The van der Waals surface area contributed by atoms with E-state index >= 15 is 0 Å². The van der Waals surface area contributed by atoms with Crippen molar-refractivity contribution in [1.82, 2.24) is 0 Å². The maximum atomic E-state index is 12.3. The van der Waals surface area contributed by atoms with Gasteiger partial charge in [0.25, 0.3) is 0 Å². The van der Waals surface area contributed by atoms with Crippen LogP contribution in [-0.2, 0) is 20.4 Å². The minimum Gasteiger partial charge on any atom is -0.209 e. The molecule has 1 aromatic rings. The minimum atomic E-state index is -4.36. The topological polar surface area (TPSA) is 27.7 Å². The van der Waals surface area contributed by atoms with Gasteiger partial charge < -0.3 is 0 Å². The molecule has 0 saturated carbocycles. The number of hydrogen-bond acceptors (Lipinski definition) is 4. The second-order valence-corrected chi connectivity index (χ2v) is 3.19. The number of alkyl halides is 3. The molecule has 0 unspecified atom stereocenters. The molecule has 1 rings (SSSR count). The van der Waals surface area contributed by atoms with Gasteiger partial charge in [-0.2, -0.15) is 13.2 Å². The normalized spacial score (nSPS) is 11.7. The molecule has 0 heterocycles. The van der Waals surface area contributed by atoms with Gasteiger partial charge in [-0.25, -0.2) is 4.89 Å². The Hall–Kier alpha value is -0.760. The molecule has 7 heteroatoms. The van der Waals surface area contributed by atoms with Crippen LogP contribution in [0.5, 0.6) is 0 Å². The summed E-state index contributed by atoms with van der Waals surface area (Å²) in [5.41, 5.74) is -0.742. The highest BCUT2D eigenvalue weighted by atomic mass is 32.2. The van der Waals surface area contributed by atoms with E-state index in [4.69, 9.17) is 0 Å². The predicted octanol–water partition coefficient (Wildman–Crippen LogP) is 3.22. The van der Waals surface area contributed by atoms with Crippen LogP contribution in [0.25, 0.3) is 0 Å². The Bertz CT molecular complexity index is 316. The molecule has 0 aliphatic heterocycles. The molecular weight excluding hydrogens is 233 g/mol. The van der Waals surface area contributed by atoms with Gasteiger partial charge in [0.15, 0.2) is 0 Å². The number of hydrogen-bond donors (Lipinski definition) is 0. The molecule has 3 nitrogen and oxygen atoms in total. The van der Waals surface area contributed by atoms with Crippen molar-refractivity contribution in [2.45, 2.75) is 11.1 Å². The van der Waals surface area contributed by atoms with Crippen LogP contribution in [0.1, 0.15) is 5.56 Å². The van der Waals surface area contributed by atoms with Crippen LogP contribution in [0.2, 0.25) is 0 Å². The fourth-order valence-electron chi connectivity index (χ4n) is 0.805. The molecule has 0 fully saturated rings. The van der Waals surface area contributed by atoms with Crippen LogP contribution in [0.15, 0.2) is 29.2 Å². The maximum Gasteiger partial charge on any atom is 0.416 e. The summed E-state index contributed by atoms with van der Waals surface area (Å²) in [6.45, 7) is 0. The highest BCUT2D eigenvalue weighted by Crippen LogP contribution is 2.32. The van der Waals surface area contributed by atoms with Crippen molar-refractivity contribution >= 4 is 12.0 Å². The zero-order chi connectivity index (χ0) is 11.3. The van der Waals surface area contributed by atoms with Crippen LogP contribution in [-0.4, -0.2) is 7.11 Å². The first-order chi connectivity index (χ1) is 7.04. The molecule has 0 N–H and O–H groups in total. The molecule has 1 aromatic carbocycles. The summed E-state index contributed by atoms with van der Waals surface area (Å²) in [4.78, 5) is 4.36. The Labute approximate surface area is 88.2 Å². The van der Waals surface area contributed by atoms with Crippen LogP contribution in [0.4, 0.5) is 13.2 Å². The second kappa shape index (κ2) is 5.36. The number of rotatable bonds is 4. The average Bonchev–Trinajstić information content (AvgIpc) is 2.17. The van der Waals surface area contributed by atoms with E-state index in [1.54, 1.807) is 0 Å². The molecule has 0 saturated heterocycles. The third-order valence-electron chi connectivity index (χ3n) is 1.39. The van der Waals surface area contributed by atoms with Gasteiger partial charge in [-0.1, -0.05) is 11.1 Å². The molecule has 15 heavy (non-hydrogen) atoms. The average molecular weight is 240 g/mol. The number of benzene rings is 1. The molecule has 0 aliphatic rings. The van der Waals surface area contributed by atoms with Gasteiger partial charge in [0.2, 0.25) is 0 Å². The van der Waals surface area contributed by atoms with Crippen molar-refractivity contribution in [2.24, 2.45) is 0 Å². The summed E-state index contributed by atoms with van der Waals surface area (Å²) < 4.78 is 41.1. The van der Waals surface area contributed by atoms with Crippen molar-refractivity contribution in [3.63, 3.8) is 0 Å². The lowest BCUT2D eigenvalue weighted by Gasteiger charge is -2.07. The van der Waals surface area contributed by atoms with E-state index in [2.05, 4.69) is 14.3 Å². The quantitative estimate of drug-likeness (QED) is 0.349. The number of halogens is 3. The van der Waals surface area contributed by atoms with Crippen molar-refractivity contribution in [1.29, 1.82) is 0 Å². The smallest absolute Gasteiger partial charge is 0.209 e. The maximum absolute atomic E-state index is 12.3. The minimum absolute atomic E-state index is 0.266. The van der Waals surface area contributed by atoms with E-state index in [1.807, 2.05) is 0 Å². The summed E-state index contributed by atoms with van der Waals surface area (Å²) in [6.07, 6.45) is -4.36. The molecule has 0 atom stereocenters. The van der Waals surface area contributed by atoms with E-state index in [9.17, 15) is 13.2 Å². The SMILES string of the molecule is COOOSc1cccc(C(F)(F)F)c1. The standard InChI is InChI=1S/C8H7F3O3S/c1-12-13-14-15-7-4-2-3-6(5-7)8(9,10)11/h2-5H,1H3. The second-order valence-electron chi connectivity index (χ2n) is 2.41. The molecule has 0 amide bonds.